The van der Waals surface area contributed by atoms with Gasteiger partial charge in [-0.05, 0) is 13.3 Å². The van der Waals surface area contributed by atoms with E-state index in [9.17, 15) is 4.79 Å². The van der Waals surface area contributed by atoms with Crippen molar-refractivity contribution in [3.63, 3.8) is 0 Å². The summed E-state index contributed by atoms with van der Waals surface area (Å²) in [4.78, 5) is 16.2. The predicted molar refractivity (Wildman–Crippen MR) is 70.7 cm³/mol. The summed E-state index contributed by atoms with van der Waals surface area (Å²) in [6.45, 7) is 6.81. The van der Waals surface area contributed by atoms with Crippen molar-refractivity contribution < 1.29 is 14.3 Å². The molecule has 0 aromatic carbocycles. The van der Waals surface area contributed by atoms with Crippen LogP contribution in [0.3, 0.4) is 0 Å². The van der Waals surface area contributed by atoms with Gasteiger partial charge in [0.05, 0.1) is 25.3 Å². The molecule has 0 saturated carbocycles. The second-order valence-electron chi connectivity index (χ2n) is 4.75. The maximum atomic E-state index is 12.4. The number of carbonyl (C=O) groups excluding carboxylic acids is 1. The lowest BCUT2D eigenvalue weighted by Gasteiger charge is -2.24. The van der Waals surface area contributed by atoms with E-state index in [1.165, 1.54) is 0 Å². The molecule has 0 N–H and O–H groups in total. The molecular formula is C13H26N2O3. The van der Waals surface area contributed by atoms with Gasteiger partial charge in [0.1, 0.15) is 0 Å². The number of carbonyl (C=O) groups is 1. The number of amides is 2. The SMILES string of the molecule is CCCC1C(C)N(CCOC)C(=O)N1CCOC. The van der Waals surface area contributed by atoms with Crippen LogP contribution in [0.2, 0.25) is 0 Å². The van der Waals surface area contributed by atoms with Crippen LogP contribution < -0.4 is 0 Å². The van der Waals surface area contributed by atoms with E-state index in [4.69, 9.17) is 9.47 Å². The third kappa shape index (κ3) is 3.36. The molecule has 1 fully saturated rings. The molecule has 1 aliphatic rings. The molecule has 1 saturated heterocycles. The summed E-state index contributed by atoms with van der Waals surface area (Å²) in [5, 5.41) is 0. The highest BCUT2D eigenvalue weighted by atomic mass is 16.5. The van der Waals surface area contributed by atoms with Crippen molar-refractivity contribution in [2.24, 2.45) is 0 Å². The van der Waals surface area contributed by atoms with Crippen molar-refractivity contribution in [3.8, 4) is 0 Å². The molecule has 0 spiro atoms. The normalized spacial score (nSPS) is 24.1. The quantitative estimate of drug-likeness (QED) is 0.663. The van der Waals surface area contributed by atoms with Crippen molar-refractivity contribution >= 4 is 6.03 Å². The smallest absolute Gasteiger partial charge is 0.320 e. The topological polar surface area (TPSA) is 42.0 Å². The molecule has 1 heterocycles. The van der Waals surface area contributed by atoms with E-state index in [0.29, 0.717) is 32.3 Å². The van der Waals surface area contributed by atoms with Crippen molar-refractivity contribution in [1.82, 2.24) is 9.80 Å². The highest BCUT2D eigenvalue weighted by Crippen LogP contribution is 2.25. The van der Waals surface area contributed by atoms with E-state index < -0.39 is 0 Å². The highest BCUT2D eigenvalue weighted by molar-refractivity contribution is 5.77. The summed E-state index contributed by atoms with van der Waals surface area (Å²) in [7, 11) is 3.33. The Kier molecular flexibility index (Phi) is 6.43. The van der Waals surface area contributed by atoms with Crippen LogP contribution in [0.5, 0.6) is 0 Å². The van der Waals surface area contributed by atoms with Crippen LogP contribution in [0.4, 0.5) is 4.79 Å². The molecule has 2 atom stereocenters. The zero-order valence-electron chi connectivity index (χ0n) is 12.0. The van der Waals surface area contributed by atoms with Gasteiger partial charge in [0, 0.05) is 27.3 Å². The van der Waals surface area contributed by atoms with Crippen LogP contribution in [0.1, 0.15) is 26.7 Å². The molecule has 0 aromatic rings. The average molecular weight is 258 g/mol. The molecule has 1 rings (SSSR count). The number of hydrogen-bond acceptors (Lipinski definition) is 3. The fraction of sp³-hybridized carbons (Fsp3) is 0.923. The fourth-order valence-electron chi connectivity index (χ4n) is 2.58. The lowest BCUT2D eigenvalue weighted by atomic mass is 10.0. The van der Waals surface area contributed by atoms with Gasteiger partial charge in [-0.3, -0.25) is 0 Å². The molecule has 5 heteroatoms. The molecule has 18 heavy (non-hydrogen) atoms. The van der Waals surface area contributed by atoms with Gasteiger partial charge in [0.15, 0.2) is 0 Å². The minimum Gasteiger partial charge on any atom is -0.383 e. The third-order valence-corrected chi connectivity index (χ3v) is 3.60. The van der Waals surface area contributed by atoms with Crippen LogP contribution in [0, 0.1) is 0 Å². The molecular weight excluding hydrogens is 232 g/mol. The van der Waals surface area contributed by atoms with Crippen LogP contribution in [0.25, 0.3) is 0 Å². The van der Waals surface area contributed by atoms with E-state index >= 15 is 0 Å². The monoisotopic (exact) mass is 258 g/mol. The molecule has 0 radical (unpaired) electrons. The molecule has 2 amide bonds. The van der Waals surface area contributed by atoms with Gasteiger partial charge >= 0.3 is 6.03 Å². The molecule has 0 bridgehead atoms. The number of methoxy groups -OCH3 is 2. The molecule has 2 unspecified atom stereocenters. The molecule has 0 aromatic heterocycles. The van der Waals surface area contributed by atoms with E-state index in [1.54, 1.807) is 14.2 Å². The second-order valence-corrected chi connectivity index (χ2v) is 4.75. The number of ether oxygens (including phenoxy) is 2. The minimum atomic E-state index is 0.120. The Morgan fingerprint density at radius 2 is 1.67 bits per heavy atom. The summed E-state index contributed by atoms with van der Waals surface area (Å²) in [5.41, 5.74) is 0. The molecule has 106 valence electrons. The number of nitrogens with zero attached hydrogens (tertiary/aromatic N) is 2. The first-order chi connectivity index (χ1) is 8.67. The lowest BCUT2D eigenvalue weighted by Crippen LogP contribution is -2.38. The van der Waals surface area contributed by atoms with Crippen LogP contribution in [-0.2, 0) is 9.47 Å². The van der Waals surface area contributed by atoms with Crippen molar-refractivity contribution in [2.45, 2.75) is 38.8 Å². The van der Waals surface area contributed by atoms with Crippen LogP contribution in [0.15, 0.2) is 0 Å². The van der Waals surface area contributed by atoms with Gasteiger partial charge in [-0.25, -0.2) is 4.79 Å². The van der Waals surface area contributed by atoms with Gasteiger partial charge in [0.25, 0.3) is 0 Å². The number of urea groups is 1. The summed E-state index contributed by atoms with van der Waals surface area (Å²) >= 11 is 0. The van der Waals surface area contributed by atoms with Gasteiger partial charge in [-0.15, -0.1) is 0 Å². The second kappa shape index (κ2) is 7.59. The van der Waals surface area contributed by atoms with E-state index in [0.717, 1.165) is 12.8 Å². The van der Waals surface area contributed by atoms with Crippen LogP contribution in [-0.4, -0.2) is 68.4 Å². The number of hydrogen-bond donors (Lipinski definition) is 0. The lowest BCUT2D eigenvalue weighted by molar-refractivity contribution is 0.136. The van der Waals surface area contributed by atoms with Gasteiger partial charge < -0.3 is 19.3 Å². The molecule has 0 aliphatic carbocycles. The van der Waals surface area contributed by atoms with E-state index in [-0.39, 0.29) is 12.1 Å². The first kappa shape index (κ1) is 15.2. The zero-order chi connectivity index (χ0) is 13.5. The first-order valence-corrected chi connectivity index (χ1v) is 6.72. The summed E-state index contributed by atoms with van der Waals surface area (Å²) in [6.07, 6.45) is 2.13. The average Bonchev–Trinajstić information content (AvgIpc) is 2.58. The Morgan fingerprint density at radius 1 is 1.11 bits per heavy atom. The van der Waals surface area contributed by atoms with Crippen molar-refractivity contribution in [1.29, 1.82) is 0 Å². The maximum absolute atomic E-state index is 12.4. The Balaban J connectivity index is 2.70. The summed E-state index contributed by atoms with van der Waals surface area (Å²) in [6, 6.07) is 0.675. The first-order valence-electron chi connectivity index (χ1n) is 6.72. The Morgan fingerprint density at radius 3 is 2.17 bits per heavy atom. The Bertz CT molecular complexity index is 261. The van der Waals surface area contributed by atoms with Gasteiger partial charge in [-0.1, -0.05) is 13.3 Å². The van der Waals surface area contributed by atoms with Crippen LogP contribution >= 0.6 is 0 Å². The maximum Gasteiger partial charge on any atom is 0.320 e. The zero-order valence-corrected chi connectivity index (χ0v) is 12.0. The standard InChI is InChI=1S/C13H26N2O3/c1-5-6-12-11(2)14(7-9-17-3)13(16)15(12)8-10-18-4/h11-12H,5-10H2,1-4H3. The Labute approximate surface area is 110 Å². The predicted octanol–water partition coefficient (Wildman–Crippen LogP) is 1.57. The largest absolute Gasteiger partial charge is 0.383 e. The minimum absolute atomic E-state index is 0.120. The Hall–Kier alpha value is -0.810. The number of rotatable bonds is 8. The van der Waals surface area contributed by atoms with E-state index in [1.807, 2.05) is 9.80 Å². The van der Waals surface area contributed by atoms with Gasteiger partial charge in [-0.2, -0.15) is 0 Å². The fourth-order valence-corrected chi connectivity index (χ4v) is 2.58. The third-order valence-electron chi connectivity index (χ3n) is 3.60. The molecule has 5 nitrogen and oxygen atoms in total. The summed E-state index contributed by atoms with van der Waals surface area (Å²) < 4.78 is 10.2. The summed E-state index contributed by atoms with van der Waals surface area (Å²) in [5.74, 6) is 0. The highest BCUT2D eigenvalue weighted by Gasteiger charge is 2.41. The van der Waals surface area contributed by atoms with Crippen molar-refractivity contribution in [2.75, 3.05) is 40.5 Å². The van der Waals surface area contributed by atoms with Crippen molar-refractivity contribution in [3.05, 3.63) is 0 Å². The van der Waals surface area contributed by atoms with E-state index in [2.05, 4.69) is 13.8 Å². The molecule has 1 aliphatic heterocycles. The van der Waals surface area contributed by atoms with Gasteiger partial charge in [0.2, 0.25) is 0 Å².